The van der Waals surface area contributed by atoms with E-state index in [9.17, 15) is 0 Å². The van der Waals surface area contributed by atoms with Gasteiger partial charge in [0.05, 0.1) is 33.4 Å². The molecule has 0 fully saturated rings. The topological polar surface area (TPSA) is 38.5 Å². The van der Waals surface area contributed by atoms with E-state index < -0.39 is 0 Å². The van der Waals surface area contributed by atoms with Gasteiger partial charge in [0, 0.05) is 56.9 Å². The van der Waals surface area contributed by atoms with E-state index >= 15 is 0 Å². The van der Waals surface area contributed by atoms with Crippen molar-refractivity contribution < 1.29 is 4.74 Å². The van der Waals surface area contributed by atoms with Gasteiger partial charge in [0.15, 0.2) is 0 Å². The van der Waals surface area contributed by atoms with E-state index in [0.717, 1.165) is 61.6 Å². The van der Waals surface area contributed by atoms with E-state index in [-0.39, 0.29) is 16.2 Å². The lowest BCUT2D eigenvalue weighted by Gasteiger charge is -2.29. The van der Waals surface area contributed by atoms with Crippen molar-refractivity contribution in [2.75, 3.05) is 16.5 Å². The zero-order valence-electron chi connectivity index (χ0n) is 42.8. The fourth-order valence-electron chi connectivity index (χ4n) is 10.6. The van der Waals surface area contributed by atoms with Gasteiger partial charge in [-0.1, -0.05) is 141 Å². The van der Waals surface area contributed by atoms with Crippen molar-refractivity contribution in [1.82, 2.24) is 14.1 Å². The molecular formula is C66H61N5O. The van der Waals surface area contributed by atoms with E-state index in [1.165, 1.54) is 55.6 Å². The Morgan fingerprint density at radius 3 is 1.60 bits per heavy atom. The molecular weight excluding hydrogens is 879 g/mol. The zero-order valence-corrected chi connectivity index (χ0v) is 42.8. The maximum absolute atomic E-state index is 6.87. The van der Waals surface area contributed by atoms with Gasteiger partial charge in [0.1, 0.15) is 24.0 Å². The fourth-order valence-corrected chi connectivity index (χ4v) is 10.6. The highest BCUT2D eigenvalue weighted by molar-refractivity contribution is 6.11. The molecule has 4 heterocycles. The number of pyridine rings is 1. The molecule has 0 saturated heterocycles. The van der Waals surface area contributed by atoms with Crippen LogP contribution in [0, 0.1) is 0 Å². The molecule has 8 aromatic carbocycles. The molecule has 0 unspecified atom stereocenters. The van der Waals surface area contributed by atoms with Gasteiger partial charge in [-0.3, -0.25) is 4.57 Å². The van der Waals surface area contributed by atoms with Crippen LogP contribution in [0.4, 0.5) is 22.7 Å². The number of rotatable bonds is 7. The first-order valence-corrected chi connectivity index (χ1v) is 25.3. The monoisotopic (exact) mass is 939 g/mol. The molecule has 3 aromatic heterocycles. The summed E-state index contributed by atoms with van der Waals surface area (Å²) < 4.78 is 11.5. The second kappa shape index (κ2) is 16.8. The Hall–Kier alpha value is -8.09. The van der Waals surface area contributed by atoms with E-state index in [1.807, 2.05) is 6.20 Å². The maximum atomic E-state index is 6.87. The Bertz CT molecular complexity index is 3800. The van der Waals surface area contributed by atoms with Crippen LogP contribution in [0.15, 0.2) is 194 Å². The Morgan fingerprint density at radius 2 is 0.944 bits per heavy atom. The van der Waals surface area contributed by atoms with E-state index in [4.69, 9.17) is 9.72 Å². The van der Waals surface area contributed by atoms with Crippen LogP contribution < -0.4 is 14.5 Å². The number of nitrogens with zero attached hydrogens (tertiary/aromatic N) is 5. The second-order valence-electron chi connectivity index (χ2n) is 22.7. The third-order valence-corrected chi connectivity index (χ3v) is 14.7. The smallest absolute Gasteiger partial charge is 0.137 e. The predicted octanol–water partition coefficient (Wildman–Crippen LogP) is 17.9. The van der Waals surface area contributed by atoms with Crippen LogP contribution in [0.3, 0.4) is 0 Å². The van der Waals surface area contributed by atoms with Crippen LogP contribution in [-0.2, 0) is 16.2 Å². The van der Waals surface area contributed by atoms with Gasteiger partial charge in [-0.05, 0) is 141 Å². The van der Waals surface area contributed by atoms with Crippen LogP contribution in [0.5, 0.6) is 11.5 Å². The highest BCUT2D eigenvalue weighted by Crippen LogP contribution is 2.47. The minimum Gasteiger partial charge on any atom is -0.457 e. The van der Waals surface area contributed by atoms with Gasteiger partial charge in [0.25, 0.3) is 0 Å². The lowest BCUT2D eigenvalue weighted by atomic mass is 9.80. The van der Waals surface area contributed by atoms with Crippen molar-refractivity contribution >= 4 is 66.4 Å². The van der Waals surface area contributed by atoms with Crippen molar-refractivity contribution in [2.24, 2.45) is 0 Å². The number of benzene rings is 8. The van der Waals surface area contributed by atoms with Gasteiger partial charge in [0.2, 0.25) is 0 Å². The molecule has 0 spiro atoms. The number of hydrogen-bond donors (Lipinski definition) is 0. The van der Waals surface area contributed by atoms with Gasteiger partial charge in [-0.25, -0.2) is 4.98 Å². The fraction of sp³-hybridized carbons (Fsp3) is 0.197. The zero-order chi connectivity index (χ0) is 49.7. The average Bonchev–Trinajstić information content (AvgIpc) is 4.03. The molecule has 0 amide bonds. The molecule has 0 aliphatic carbocycles. The first kappa shape index (κ1) is 45.1. The number of fused-ring (bicyclic) bond motifs is 7. The second-order valence-corrected chi connectivity index (χ2v) is 22.7. The van der Waals surface area contributed by atoms with Crippen LogP contribution in [0.1, 0.15) is 79.0 Å². The van der Waals surface area contributed by atoms with E-state index in [0.29, 0.717) is 6.67 Å². The summed E-state index contributed by atoms with van der Waals surface area (Å²) in [6.07, 6.45) is 1.94. The Balaban J connectivity index is 0.906. The summed E-state index contributed by atoms with van der Waals surface area (Å²) in [6, 6.07) is 68.4. The summed E-state index contributed by atoms with van der Waals surface area (Å²) in [5, 5.41) is 4.82. The number of hydrogen-bond acceptors (Lipinski definition) is 4. The highest BCUT2D eigenvalue weighted by Gasteiger charge is 2.31. The molecule has 0 N–H and O–H groups in total. The first-order chi connectivity index (χ1) is 34.6. The summed E-state index contributed by atoms with van der Waals surface area (Å²) >= 11 is 0. The molecule has 1 aliphatic heterocycles. The van der Waals surface area contributed by atoms with Crippen molar-refractivity contribution in [3.8, 4) is 34.1 Å². The van der Waals surface area contributed by atoms with Crippen molar-refractivity contribution in [2.45, 2.75) is 78.6 Å². The molecule has 12 rings (SSSR count). The number of anilines is 4. The maximum Gasteiger partial charge on any atom is 0.137 e. The van der Waals surface area contributed by atoms with Crippen LogP contribution in [0.2, 0.25) is 0 Å². The van der Waals surface area contributed by atoms with Crippen LogP contribution >= 0.6 is 0 Å². The van der Waals surface area contributed by atoms with Gasteiger partial charge in [-0.2, -0.15) is 0 Å². The standard InChI is InChI=1S/C66H61N5O/c1-64(2,3)45-33-34-67-63(39-45)71-59-32-27-44(43-25-28-48(29-26-43)70-57-21-12-10-19-53(57)54-20-11-13-22-58(54)70)35-56(59)55-31-30-52(41-62(55)71)72-51-18-16-17-49(40-51)68-42-69(61-24-15-14-23-60(61)68)50-37-46(65(4,5)6)36-47(38-50)66(7,8)9/h10-41H,42H2,1-9H3. The summed E-state index contributed by atoms with van der Waals surface area (Å²) in [7, 11) is 0. The van der Waals surface area contributed by atoms with Gasteiger partial charge >= 0.3 is 0 Å². The molecule has 0 saturated carbocycles. The summed E-state index contributed by atoms with van der Waals surface area (Å²) in [5.41, 5.74) is 16.5. The molecule has 11 aromatic rings. The predicted molar refractivity (Wildman–Crippen MR) is 303 cm³/mol. The third-order valence-electron chi connectivity index (χ3n) is 14.7. The van der Waals surface area contributed by atoms with Crippen molar-refractivity contribution in [3.63, 3.8) is 0 Å². The number of aromatic nitrogens is 3. The summed E-state index contributed by atoms with van der Waals surface area (Å²) in [5.74, 6) is 2.41. The molecule has 1 aliphatic rings. The van der Waals surface area contributed by atoms with Gasteiger partial charge < -0.3 is 19.1 Å². The lowest BCUT2D eigenvalue weighted by Crippen LogP contribution is -2.25. The lowest BCUT2D eigenvalue weighted by molar-refractivity contribution is 0.483. The molecule has 0 bridgehead atoms. The summed E-state index contributed by atoms with van der Waals surface area (Å²) in [6.45, 7) is 21.3. The Morgan fingerprint density at radius 1 is 0.375 bits per heavy atom. The number of para-hydroxylation sites is 4. The largest absolute Gasteiger partial charge is 0.457 e. The average molecular weight is 940 g/mol. The molecule has 356 valence electrons. The van der Waals surface area contributed by atoms with Crippen molar-refractivity contribution in [3.05, 3.63) is 211 Å². The third kappa shape index (κ3) is 7.86. The SMILES string of the molecule is CC(C)(C)c1cc(N2CN(c3cccc(Oc4ccc5c6cc(-c7ccc(-n8c9ccccc9c9ccccc98)cc7)ccc6n(-c6cc(C(C)(C)C)ccn6)c5c4)c3)c3ccccc32)cc(C(C)(C)C)c1. The van der Waals surface area contributed by atoms with Gasteiger partial charge in [-0.15, -0.1) is 0 Å². The molecule has 6 nitrogen and oxygen atoms in total. The first-order valence-electron chi connectivity index (χ1n) is 25.3. The molecule has 72 heavy (non-hydrogen) atoms. The van der Waals surface area contributed by atoms with E-state index in [2.05, 4.69) is 269 Å². The summed E-state index contributed by atoms with van der Waals surface area (Å²) in [4.78, 5) is 9.86. The highest BCUT2D eigenvalue weighted by atomic mass is 16.5. The minimum absolute atomic E-state index is 0.0115. The van der Waals surface area contributed by atoms with Crippen LogP contribution in [0.25, 0.3) is 66.2 Å². The Kier molecular flexibility index (Phi) is 10.5. The molecule has 0 radical (unpaired) electrons. The van der Waals surface area contributed by atoms with E-state index in [1.54, 1.807) is 0 Å². The molecule has 6 heteroatoms. The Labute approximate surface area is 423 Å². The van der Waals surface area contributed by atoms with Crippen LogP contribution in [-0.4, -0.2) is 20.8 Å². The minimum atomic E-state index is -0.0486. The molecule has 0 atom stereocenters. The number of ether oxygens (including phenoxy) is 1. The quantitative estimate of drug-likeness (QED) is 0.160. The van der Waals surface area contributed by atoms with Crippen molar-refractivity contribution in [1.29, 1.82) is 0 Å². The normalized spacial score (nSPS) is 13.2.